The van der Waals surface area contributed by atoms with Crippen molar-refractivity contribution in [1.82, 2.24) is 4.98 Å². The van der Waals surface area contributed by atoms with E-state index >= 15 is 0 Å². The average molecular weight is 319 g/mol. The lowest BCUT2D eigenvalue weighted by atomic mass is 10.3. The molecule has 1 aromatic heterocycles. The second-order valence-corrected chi connectivity index (χ2v) is 4.22. The fourth-order valence-corrected chi connectivity index (χ4v) is 1.33. The first-order chi connectivity index (χ1) is 10.3. The quantitative estimate of drug-likeness (QED) is 0.394. The predicted molar refractivity (Wildman–Crippen MR) is 74.3 cm³/mol. The summed E-state index contributed by atoms with van der Waals surface area (Å²) >= 11 is 0. The molecule has 10 heteroatoms. The number of nitrogens with one attached hydrogen (secondary N) is 1. The highest BCUT2D eigenvalue weighted by Gasteiger charge is 2.26. The monoisotopic (exact) mass is 319 g/mol. The van der Waals surface area contributed by atoms with Gasteiger partial charge in [-0.3, -0.25) is 4.79 Å². The molecule has 1 rings (SSSR count). The summed E-state index contributed by atoms with van der Waals surface area (Å²) in [5, 5.41) is 2.43. The van der Waals surface area contributed by atoms with E-state index in [-0.39, 0.29) is 24.7 Å². The first-order valence-electron chi connectivity index (χ1n) is 6.28. The minimum atomic E-state index is -4.43. The molecule has 22 heavy (non-hydrogen) atoms. The van der Waals surface area contributed by atoms with Crippen molar-refractivity contribution < 1.29 is 22.7 Å². The first kappa shape index (κ1) is 17.5. The molecule has 5 N–H and O–H groups in total. The summed E-state index contributed by atoms with van der Waals surface area (Å²) in [6.45, 7) is -1.15. The molecule has 1 aromatic rings. The summed E-state index contributed by atoms with van der Waals surface area (Å²) in [4.78, 5) is 17.7. The van der Waals surface area contributed by atoms with E-state index in [1.807, 2.05) is 0 Å². The molecule has 0 atom stereocenters. The number of primary amides is 1. The standard InChI is InChI=1S/C12H16F3N5O2/c13-12(14,15)7-18-11(17)20-9-4-1-5-10(19-9)22-6-2-3-8(16)21/h1,4-5H,2-3,6-7H2,(H2,16,21)(H3,17,18,19,20). The van der Waals surface area contributed by atoms with Gasteiger partial charge in [0.2, 0.25) is 11.8 Å². The summed E-state index contributed by atoms with van der Waals surface area (Å²) in [6, 6.07) is 4.63. The van der Waals surface area contributed by atoms with Gasteiger partial charge in [-0.1, -0.05) is 6.07 Å². The highest BCUT2D eigenvalue weighted by atomic mass is 19.4. The molecule has 1 amide bonds. The molecule has 1 heterocycles. The molecule has 0 fully saturated rings. The number of amides is 1. The zero-order valence-electron chi connectivity index (χ0n) is 11.6. The van der Waals surface area contributed by atoms with Crippen molar-refractivity contribution in [2.24, 2.45) is 16.5 Å². The Labute approximate surface area is 124 Å². The fourth-order valence-electron chi connectivity index (χ4n) is 1.33. The van der Waals surface area contributed by atoms with Gasteiger partial charge in [0.15, 0.2) is 5.96 Å². The van der Waals surface area contributed by atoms with Gasteiger partial charge in [0, 0.05) is 12.5 Å². The van der Waals surface area contributed by atoms with Crippen LogP contribution in [0.1, 0.15) is 12.8 Å². The van der Waals surface area contributed by atoms with E-state index in [9.17, 15) is 18.0 Å². The van der Waals surface area contributed by atoms with Crippen LogP contribution in [0.15, 0.2) is 23.2 Å². The van der Waals surface area contributed by atoms with E-state index in [0.717, 1.165) is 0 Å². The molecule has 0 unspecified atom stereocenters. The molecule has 0 spiro atoms. The summed E-state index contributed by atoms with van der Waals surface area (Å²) in [7, 11) is 0. The van der Waals surface area contributed by atoms with E-state index in [1.165, 1.54) is 6.07 Å². The van der Waals surface area contributed by atoms with Crippen LogP contribution in [0.2, 0.25) is 0 Å². The number of aliphatic imine (C=N–C) groups is 1. The normalized spacial score (nSPS) is 12.0. The zero-order chi connectivity index (χ0) is 16.6. The Morgan fingerprint density at radius 3 is 2.73 bits per heavy atom. The highest BCUT2D eigenvalue weighted by molar-refractivity contribution is 5.91. The lowest BCUT2D eigenvalue weighted by Crippen LogP contribution is -2.26. The van der Waals surface area contributed by atoms with E-state index in [0.29, 0.717) is 6.42 Å². The van der Waals surface area contributed by atoms with Crippen LogP contribution >= 0.6 is 0 Å². The molecule has 0 aliphatic heterocycles. The molecule has 0 saturated carbocycles. The van der Waals surface area contributed by atoms with Crippen molar-refractivity contribution >= 4 is 17.7 Å². The number of aromatic nitrogens is 1. The largest absolute Gasteiger partial charge is 0.478 e. The van der Waals surface area contributed by atoms with Crippen LogP contribution in [-0.4, -0.2) is 36.2 Å². The van der Waals surface area contributed by atoms with Crippen LogP contribution in [0.4, 0.5) is 19.0 Å². The van der Waals surface area contributed by atoms with Crippen LogP contribution in [0.25, 0.3) is 0 Å². The molecule has 122 valence electrons. The average Bonchev–Trinajstić information content (AvgIpc) is 2.41. The van der Waals surface area contributed by atoms with E-state index in [1.54, 1.807) is 12.1 Å². The van der Waals surface area contributed by atoms with Gasteiger partial charge in [-0.25, -0.2) is 4.99 Å². The predicted octanol–water partition coefficient (Wildman–Crippen LogP) is 1.01. The van der Waals surface area contributed by atoms with Gasteiger partial charge in [-0.05, 0) is 12.5 Å². The zero-order valence-corrected chi connectivity index (χ0v) is 11.6. The maximum Gasteiger partial charge on any atom is 0.408 e. The summed E-state index contributed by atoms with van der Waals surface area (Å²) in [5.41, 5.74) is 10.3. The van der Waals surface area contributed by atoms with Crippen molar-refractivity contribution in [2.75, 3.05) is 18.5 Å². The third kappa shape index (κ3) is 7.92. The Balaban J connectivity index is 2.51. The van der Waals surface area contributed by atoms with Gasteiger partial charge in [-0.2, -0.15) is 18.2 Å². The number of guanidine groups is 1. The minimum absolute atomic E-state index is 0.189. The highest BCUT2D eigenvalue weighted by Crippen LogP contribution is 2.15. The third-order valence-electron chi connectivity index (χ3n) is 2.23. The molecule has 0 radical (unpaired) electrons. The van der Waals surface area contributed by atoms with Crippen molar-refractivity contribution in [3.63, 3.8) is 0 Å². The number of anilines is 1. The second-order valence-electron chi connectivity index (χ2n) is 4.22. The number of nitrogens with zero attached hydrogens (tertiary/aromatic N) is 2. The van der Waals surface area contributed by atoms with Gasteiger partial charge in [0.05, 0.1) is 6.61 Å². The fraction of sp³-hybridized carbons (Fsp3) is 0.417. The van der Waals surface area contributed by atoms with Crippen molar-refractivity contribution in [3.8, 4) is 5.88 Å². The topological polar surface area (TPSA) is 116 Å². The molecule has 0 saturated heterocycles. The Hall–Kier alpha value is -2.52. The molecule has 0 aliphatic rings. The van der Waals surface area contributed by atoms with Crippen LogP contribution in [0.3, 0.4) is 0 Å². The van der Waals surface area contributed by atoms with Gasteiger partial charge in [0.1, 0.15) is 12.4 Å². The maximum absolute atomic E-state index is 12.0. The number of carbonyl (C=O) groups is 1. The number of nitrogens with two attached hydrogens (primary N) is 2. The van der Waals surface area contributed by atoms with E-state index in [2.05, 4.69) is 15.3 Å². The van der Waals surface area contributed by atoms with Crippen molar-refractivity contribution in [2.45, 2.75) is 19.0 Å². The number of carbonyl (C=O) groups excluding carboxylic acids is 1. The number of alkyl halides is 3. The number of pyridine rings is 1. The Bertz CT molecular complexity index is 534. The van der Waals surface area contributed by atoms with E-state index in [4.69, 9.17) is 16.2 Å². The Kier molecular flexibility index (Phi) is 6.42. The molecule has 0 bridgehead atoms. The van der Waals surface area contributed by atoms with E-state index < -0.39 is 24.6 Å². The van der Waals surface area contributed by atoms with Gasteiger partial charge >= 0.3 is 6.18 Å². The van der Waals surface area contributed by atoms with Gasteiger partial charge in [-0.15, -0.1) is 0 Å². The lowest BCUT2D eigenvalue weighted by Gasteiger charge is -2.08. The minimum Gasteiger partial charge on any atom is -0.478 e. The molecule has 0 aromatic carbocycles. The van der Waals surface area contributed by atoms with Crippen LogP contribution in [0.5, 0.6) is 5.88 Å². The third-order valence-corrected chi connectivity index (χ3v) is 2.23. The van der Waals surface area contributed by atoms with Gasteiger partial charge < -0.3 is 21.5 Å². The van der Waals surface area contributed by atoms with Crippen LogP contribution < -0.4 is 21.5 Å². The number of rotatable bonds is 7. The first-order valence-corrected chi connectivity index (χ1v) is 6.28. The Morgan fingerprint density at radius 1 is 1.36 bits per heavy atom. The van der Waals surface area contributed by atoms with Crippen molar-refractivity contribution in [1.29, 1.82) is 0 Å². The molecular weight excluding hydrogens is 303 g/mol. The number of ether oxygens (including phenoxy) is 1. The Morgan fingerprint density at radius 2 is 2.09 bits per heavy atom. The lowest BCUT2D eigenvalue weighted by molar-refractivity contribution is -0.119. The number of hydrogen-bond acceptors (Lipinski definition) is 4. The summed E-state index contributed by atoms with van der Waals surface area (Å²) < 4.78 is 41.2. The molecule has 0 aliphatic carbocycles. The number of hydrogen-bond donors (Lipinski definition) is 3. The summed E-state index contributed by atoms with van der Waals surface area (Å²) in [5.74, 6) is -0.412. The maximum atomic E-state index is 12.0. The SMILES string of the molecule is NC(=O)CCCOc1cccc(NC(N)=NCC(F)(F)F)n1. The van der Waals surface area contributed by atoms with Crippen LogP contribution in [-0.2, 0) is 4.79 Å². The molecule has 7 nitrogen and oxygen atoms in total. The smallest absolute Gasteiger partial charge is 0.408 e. The van der Waals surface area contributed by atoms with Crippen molar-refractivity contribution in [3.05, 3.63) is 18.2 Å². The van der Waals surface area contributed by atoms with Gasteiger partial charge in [0.25, 0.3) is 0 Å². The second kappa shape index (κ2) is 8.05. The summed E-state index contributed by atoms with van der Waals surface area (Å²) in [6.07, 6.45) is -3.80. The number of halogens is 3. The van der Waals surface area contributed by atoms with Crippen LogP contribution in [0, 0.1) is 0 Å². The molecular formula is C12H16F3N5O2.